The van der Waals surface area contributed by atoms with Gasteiger partial charge in [0.2, 0.25) is 5.91 Å². The summed E-state index contributed by atoms with van der Waals surface area (Å²) < 4.78 is 38.0. The van der Waals surface area contributed by atoms with Crippen molar-refractivity contribution in [3.63, 3.8) is 0 Å². The van der Waals surface area contributed by atoms with Gasteiger partial charge >= 0.3 is 6.18 Å². The van der Waals surface area contributed by atoms with Crippen LogP contribution < -0.4 is 5.32 Å². The summed E-state index contributed by atoms with van der Waals surface area (Å²) in [6.45, 7) is 1.63. The Morgan fingerprint density at radius 3 is 2.27 bits per heavy atom. The van der Waals surface area contributed by atoms with Crippen LogP contribution in [0.2, 0.25) is 0 Å². The maximum Gasteiger partial charge on any atom is 0.416 e. The maximum atomic E-state index is 12.7. The summed E-state index contributed by atoms with van der Waals surface area (Å²) in [6, 6.07) is 4.31. The number of halogens is 3. The highest BCUT2D eigenvalue weighted by molar-refractivity contribution is 5.94. The number of nitrogens with zero attached hydrogens (tertiary/aromatic N) is 1. The number of carbonyl (C=O) groups excluding carboxylic acids is 2. The molecule has 0 aromatic heterocycles. The molecular weight excluding hydrogens is 393 g/mol. The molecule has 0 radical (unpaired) electrons. The van der Waals surface area contributed by atoms with E-state index in [9.17, 15) is 22.8 Å². The van der Waals surface area contributed by atoms with E-state index >= 15 is 0 Å². The van der Waals surface area contributed by atoms with Crippen molar-refractivity contribution in [2.45, 2.75) is 51.1 Å². The van der Waals surface area contributed by atoms with E-state index < -0.39 is 11.7 Å². The lowest BCUT2D eigenvalue weighted by Crippen LogP contribution is -2.43. The monoisotopic (exact) mass is 422 g/mol. The molecule has 1 aromatic rings. The summed E-state index contributed by atoms with van der Waals surface area (Å²) in [5.74, 6) is 2.25. The van der Waals surface area contributed by atoms with E-state index in [1.165, 1.54) is 37.8 Å². The van der Waals surface area contributed by atoms with E-state index in [-0.39, 0.29) is 23.3 Å². The first-order chi connectivity index (χ1) is 14.3. The predicted octanol–water partition coefficient (Wildman–Crippen LogP) is 4.50. The van der Waals surface area contributed by atoms with Crippen molar-refractivity contribution in [1.29, 1.82) is 0 Å². The Bertz CT molecular complexity index is 770. The van der Waals surface area contributed by atoms with Gasteiger partial charge in [-0.2, -0.15) is 13.2 Å². The van der Waals surface area contributed by atoms with Gasteiger partial charge in [-0.1, -0.05) is 6.42 Å². The van der Waals surface area contributed by atoms with E-state index in [1.54, 1.807) is 4.90 Å². The molecule has 164 valence electrons. The fraction of sp³-hybridized carbons (Fsp3) is 0.652. The number of nitrogens with one attached hydrogen (secondary N) is 1. The smallest absolute Gasteiger partial charge is 0.356 e. The van der Waals surface area contributed by atoms with Crippen molar-refractivity contribution in [3.8, 4) is 0 Å². The van der Waals surface area contributed by atoms with Crippen LogP contribution in [0, 0.1) is 23.7 Å². The first-order valence-corrected chi connectivity index (χ1v) is 11.1. The highest BCUT2D eigenvalue weighted by Gasteiger charge is 2.39. The van der Waals surface area contributed by atoms with E-state index in [0.717, 1.165) is 42.9 Å². The van der Waals surface area contributed by atoms with Gasteiger partial charge in [0.05, 0.1) is 5.56 Å². The van der Waals surface area contributed by atoms with Gasteiger partial charge in [0.15, 0.2) is 0 Å². The Kier molecular flexibility index (Phi) is 6.07. The number of hydrogen-bond acceptors (Lipinski definition) is 2. The molecule has 2 bridgehead atoms. The molecule has 1 aliphatic heterocycles. The second kappa shape index (κ2) is 8.60. The van der Waals surface area contributed by atoms with Crippen molar-refractivity contribution in [2.24, 2.45) is 23.7 Å². The molecule has 3 atom stereocenters. The average Bonchev–Trinajstić information content (AvgIpc) is 3.36. The average molecular weight is 422 g/mol. The number of carbonyl (C=O) groups is 2. The third-order valence-corrected chi connectivity index (χ3v) is 7.31. The normalized spacial score (nSPS) is 26.8. The largest absolute Gasteiger partial charge is 0.416 e. The zero-order valence-corrected chi connectivity index (χ0v) is 17.1. The summed E-state index contributed by atoms with van der Waals surface area (Å²) >= 11 is 0. The molecule has 2 saturated carbocycles. The SMILES string of the molecule is O=C(NCCC1CC2CCC1C2)C1CCN(C(=O)c2ccc(C(F)(F)F)cc2)CC1. The van der Waals surface area contributed by atoms with Crippen LogP contribution in [0.15, 0.2) is 24.3 Å². The summed E-state index contributed by atoms with van der Waals surface area (Å²) in [5.41, 5.74) is -0.517. The number of benzene rings is 1. The third kappa shape index (κ3) is 4.65. The van der Waals surface area contributed by atoms with Crippen LogP contribution >= 0.6 is 0 Å². The minimum Gasteiger partial charge on any atom is -0.356 e. The van der Waals surface area contributed by atoms with E-state index in [1.807, 2.05) is 0 Å². The van der Waals surface area contributed by atoms with Crippen LogP contribution in [0.5, 0.6) is 0 Å². The summed E-state index contributed by atoms with van der Waals surface area (Å²) in [5, 5.41) is 3.09. The second-order valence-corrected chi connectivity index (χ2v) is 9.16. The fourth-order valence-corrected chi connectivity index (χ4v) is 5.58. The topological polar surface area (TPSA) is 49.4 Å². The van der Waals surface area contributed by atoms with Crippen molar-refractivity contribution >= 4 is 11.8 Å². The zero-order chi connectivity index (χ0) is 21.3. The van der Waals surface area contributed by atoms with Gasteiger partial charge in [-0.25, -0.2) is 0 Å². The lowest BCUT2D eigenvalue weighted by Gasteiger charge is -2.31. The molecule has 2 amide bonds. The quantitative estimate of drug-likeness (QED) is 0.760. The first kappa shape index (κ1) is 21.2. The number of amides is 2. The summed E-state index contributed by atoms with van der Waals surface area (Å²) in [7, 11) is 0. The highest BCUT2D eigenvalue weighted by Crippen LogP contribution is 2.49. The van der Waals surface area contributed by atoms with E-state index in [2.05, 4.69) is 5.32 Å². The molecule has 4 rings (SSSR count). The van der Waals surface area contributed by atoms with Crippen LogP contribution in [-0.4, -0.2) is 36.3 Å². The van der Waals surface area contributed by atoms with Crippen LogP contribution in [0.25, 0.3) is 0 Å². The van der Waals surface area contributed by atoms with Gasteiger partial charge in [0, 0.05) is 31.1 Å². The Morgan fingerprint density at radius 2 is 1.70 bits per heavy atom. The standard InChI is InChI=1S/C23H29F3N2O2/c24-23(25,26)20-5-3-17(4-6-20)22(30)28-11-8-16(9-12-28)21(29)27-10-7-19-14-15-1-2-18(19)13-15/h3-6,15-16,18-19H,1-2,7-14H2,(H,27,29). The van der Waals surface area contributed by atoms with Crippen molar-refractivity contribution < 1.29 is 22.8 Å². The molecule has 2 aliphatic carbocycles. The zero-order valence-electron chi connectivity index (χ0n) is 17.1. The minimum atomic E-state index is -4.41. The molecule has 1 aromatic carbocycles. The molecule has 0 spiro atoms. The number of likely N-dealkylation sites (tertiary alicyclic amines) is 1. The maximum absolute atomic E-state index is 12.7. The van der Waals surface area contributed by atoms with Crippen LogP contribution in [0.3, 0.4) is 0 Å². The number of piperidine rings is 1. The fourth-order valence-electron chi connectivity index (χ4n) is 5.58. The summed E-state index contributed by atoms with van der Waals surface area (Å²) in [6.07, 6.45) is 3.28. The second-order valence-electron chi connectivity index (χ2n) is 9.16. The van der Waals surface area contributed by atoms with Crippen LogP contribution in [0.4, 0.5) is 13.2 Å². The number of alkyl halides is 3. The Hall–Kier alpha value is -2.05. The van der Waals surface area contributed by atoms with Crippen LogP contribution in [0.1, 0.15) is 60.9 Å². The van der Waals surface area contributed by atoms with Gasteiger partial charge in [0.1, 0.15) is 0 Å². The third-order valence-electron chi connectivity index (χ3n) is 7.31. The molecule has 3 fully saturated rings. The predicted molar refractivity (Wildman–Crippen MR) is 107 cm³/mol. The van der Waals surface area contributed by atoms with E-state index in [4.69, 9.17) is 0 Å². The Morgan fingerprint density at radius 1 is 1.00 bits per heavy atom. The van der Waals surface area contributed by atoms with Gasteiger partial charge < -0.3 is 10.2 Å². The lowest BCUT2D eigenvalue weighted by molar-refractivity contribution is -0.137. The summed E-state index contributed by atoms with van der Waals surface area (Å²) in [4.78, 5) is 26.7. The highest BCUT2D eigenvalue weighted by atomic mass is 19.4. The van der Waals surface area contributed by atoms with Crippen molar-refractivity contribution in [2.75, 3.05) is 19.6 Å². The molecule has 3 unspecified atom stereocenters. The molecule has 7 heteroatoms. The van der Waals surface area contributed by atoms with Crippen molar-refractivity contribution in [1.82, 2.24) is 10.2 Å². The molecule has 1 N–H and O–H groups in total. The Balaban J connectivity index is 1.20. The van der Waals surface area contributed by atoms with Gasteiger partial charge in [0.25, 0.3) is 5.91 Å². The van der Waals surface area contributed by atoms with Gasteiger partial charge in [-0.15, -0.1) is 0 Å². The van der Waals surface area contributed by atoms with Crippen molar-refractivity contribution in [3.05, 3.63) is 35.4 Å². The van der Waals surface area contributed by atoms with Gasteiger partial charge in [-0.05, 0) is 80.5 Å². The van der Waals surface area contributed by atoms with E-state index in [0.29, 0.717) is 25.9 Å². The molecular formula is C23H29F3N2O2. The number of fused-ring (bicyclic) bond motifs is 2. The lowest BCUT2D eigenvalue weighted by atomic mass is 9.86. The first-order valence-electron chi connectivity index (χ1n) is 11.1. The van der Waals surface area contributed by atoms with Crippen LogP contribution in [-0.2, 0) is 11.0 Å². The molecule has 4 nitrogen and oxygen atoms in total. The van der Waals surface area contributed by atoms with Gasteiger partial charge in [-0.3, -0.25) is 9.59 Å². The molecule has 30 heavy (non-hydrogen) atoms. The number of rotatable bonds is 5. The molecule has 1 heterocycles. The number of hydrogen-bond donors (Lipinski definition) is 1. The molecule has 1 saturated heterocycles. The Labute approximate surface area is 175 Å². The minimum absolute atomic E-state index is 0.0692. The molecule has 3 aliphatic rings.